The van der Waals surface area contributed by atoms with Crippen LogP contribution in [0.15, 0.2) is 36.5 Å². The molecule has 1 aromatic heterocycles. The molecule has 0 saturated heterocycles. The number of ether oxygens (including phenoxy) is 2. The Kier molecular flexibility index (Phi) is 6.86. The molecule has 0 bridgehead atoms. The third-order valence-corrected chi connectivity index (χ3v) is 3.83. The van der Waals surface area contributed by atoms with Crippen molar-refractivity contribution in [3.63, 3.8) is 0 Å². The summed E-state index contributed by atoms with van der Waals surface area (Å²) >= 11 is 0. The van der Waals surface area contributed by atoms with Crippen LogP contribution in [0.2, 0.25) is 0 Å². The summed E-state index contributed by atoms with van der Waals surface area (Å²) in [6.45, 7) is 0.582. The Balaban J connectivity index is 0.000000370. The maximum atomic E-state index is 10.8. The third-order valence-electron chi connectivity index (χ3n) is 3.83. The van der Waals surface area contributed by atoms with Crippen LogP contribution in [0.1, 0.15) is 28.4 Å². The summed E-state index contributed by atoms with van der Waals surface area (Å²) in [7, 11) is 1.61. The number of para-hydroxylation sites is 1. The number of nitrogens with one attached hydrogen (secondary N) is 1. The van der Waals surface area contributed by atoms with E-state index in [-0.39, 0.29) is 11.6 Å². The molecule has 0 amide bonds. The van der Waals surface area contributed by atoms with Crippen LogP contribution in [0.3, 0.4) is 0 Å². The van der Waals surface area contributed by atoms with Crippen LogP contribution in [0.4, 0.5) is 19.0 Å². The molecular weight excluding hydrogens is 397 g/mol. The molecule has 1 aliphatic rings. The monoisotopic (exact) mass is 414 g/mol. The average Bonchev–Trinajstić information content (AvgIpc) is 2.68. The van der Waals surface area contributed by atoms with E-state index in [0.29, 0.717) is 18.2 Å². The summed E-state index contributed by atoms with van der Waals surface area (Å²) in [6.07, 6.45) is -2.95. The number of alkyl halides is 3. The highest BCUT2D eigenvalue weighted by Crippen LogP contribution is 2.40. The first-order chi connectivity index (χ1) is 13.6. The molecule has 2 aromatic rings. The smallest absolute Gasteiger partial charge is 0.490 e. The summed E-state index contributed by atoms with van der Waals surface area (Å²) in [4.78, 5) is 23.9. The molecule has 0 aliphatic carbocycles. The van der Waals surface area contributed by atoms with Crippen molar-refractivity contribution < 1.29 is 42.4 Å². The number of carbonyl (C=O) groups is 2. The Morgan fingerprint density at radius 2 is 1.93 bits per heavy atom. The first-order valence-corrected chi connectivity index (χ1v) is 8.19. The highest BCUT2D eigenvalue weighted by molar-refractivity contribution is 5.87. The van der Waals surface area contributed by atoms with Crippen molar-refractivity contribution >= 4 is 17.8 Å². The molecular formula is C18H17F3N2O6. The van der Waals surface area contributed by atoms with E-state index in [1.165, 1.54) is 12.3 Å². The number of nitrogens with zero attached hydrogens (tertiary/aromatic N) is 1. The molecule has 0 radical (unpaired) electrons. The summed E-state index contributed by atoms with van der Waals surface area (Å²) in [5, 5.41) is 19.3. The molecule has 1 atom stereocenters. The largest absolute Gasteiger partial charge is 0.493 e. The number of anilines is 1. The van der Waals surface area contributed by atoms with Gasteiger partial charge < -0.3 is 25.0 Å². The number of aromatic nitrogens is 1. The third kappa shape index (κ3) is 5.74. The minimum atomic E-state index is -5.08. The average molecular weight is 414 g/mol. The van der Waals surface area contributed by atoms with Gasteiger partial charge in [0.15, 0.2) is 11.5 Å². The Morgan fingerprint density at radius 3 is 2.45 bits per heavy atom. The molecule has 0 fully saturated rings. The van der Waals surface area contributed by atoms with Gasteiger partial charge in [0, 0.05) is 18.2 Å². The van der Waals surface area contributed by atoms with E-state index in [4.69, 9.17) is 24.5 Å². The number of pyridine rings is 1. The number of methoxy groups -OCH3 is 1. The van der Waals surface area contributed by atoms with Crippen molar-refractivity contribution in [3.8, 4) is 11.5 Å². The normalized spacial score (nSPS) is 15.1. The van der Waals surface area contributed by atoms with Gasteiger partial charge in [0.2, 0.25) is 0 Å². The Labute approximate surface area is 162 Å². The summed E-state index contributed by atoms with van der Waals surface area (Å²) < 4.78 is 42.8. The predicted octanol–water partition coefficient (Wildman–Crippen LogP) is 3.36. The second kappa shape index (κ2) is 9.13. The van der Waals surface area contributed by atoms with Gasteiger partial charge in [-0.15, -0.1) is 0 Å². The zero-order valence-corrected chi connectivity index (χ0v) is 15.1. The molecule has 2 heterocycles. The fraction of sp³-hybridized carbons (Fsp3) is 0.278. The predicted molar refractivity (Wildman–Crippen MR) is 94.4 cm³/mol. The highest BCUT2D eigenvalue weighted by atomic mass is 19.4. The van der Waals surface area contributed by atoms with Crippen LogP contribution >= 0.6 is 0 Å². The lowest BCUT2D eigenvalue weighted by atomic mass is 10.00. The molecule has 3 rings (SSSR count). The Hall–Kier alpha value is -3.50. The Bertz CT molecular complexity index is 871. The van der Waals surface area contributed by atoms with Crippen molar-refractivity contribution in [2.45, 2.75) is 18.6 Å². The van der Waals surface area contributed by atoms with E-state index in [2.05, 4.69) is 10.3 Å². The molecule has 1 unspecified atom stereocenters. The lowest BCUT2D eigenvalue weighted by Gasteiger charge is -2.28. The van der Waals surface area contributed by atoms with Gasteiger partial charge >= 0.3 is 18.1 Å². The van der Waals surface area contributed by atoms with Crippen LogP contribution in [0.5, 0.6) is 11.5 Å². The minimum absolute atomic E-state index is 0.0435. The van der Waals surface area contributed by atoms with Gasteiger partial charge in [-0.1, -0.05) is 12.1 Å². The standard InChI is InChI=1S/C16H16N2O4.C2HF3O2/c1-21-13-4-2-3-11-12(7-8-22-15(11)13)18-14-6-5-10(9-17-14)16(19)20;3-2(4,5)1(6)7/h2-6,9,12H,7-8H2,1H3,(H,17,18)(H,19,20);(H,6,7). The molecule has 0 saturated carbocycles. The van der Waals surface area contributed by atoms with Crippen molar-refractivity contribution in [1.29, 1.82) is 0 Å². The SMILES string of the molecule is COc1cccc2c1OCCC2Nc1ccc(C(=O)O)cn1.O=C(O)C(F)(F)F. The zero-order chi connectivity index (χ0) is 21.6. The van der Waals surface area contributed by atoms with Gasteiger partial charge in [-0.3, -0.25) is 0 Å². The number of carboxylic acids is 2. The highest BCUT2D eigenvalue weighted by Gasteiger charge is 2.38. The van der Waals surface area contributed by atoms with E-state index in [9.17, 15) is 18.0 Å². The van der Waals surface area contributed by atoms with Gasteiger partial charge in [0.05, 0.1) is 25.3 Å². The number of hydrogen-bond acceptors (Lipinski definition) is 6. The molecule has 3 N–H and O–H groups in total. The molecule has 1 aliphatic heterocycles. The fourth-order valence-electron chi connectivity index (χ4n) is 2.49. The van der Waals surface area contributed by atoms with Crippen LogP contribution in [0.25, 0.3) is 0 Å². The lowest BCUT2D eigenvalue weighted by Crippen LogP contribution is -2.21. The maximum Gasteiger partial charge on any atom is 0.490 e. The molecule has 0 spiro atoms. The minimum Gasteiger partial charge on any atom is -0.493 e. The van der Waals surface area contributed by atoms with E-state index in [1.807, 2.05) is 18.2 Å². The molecule has 29 heavy (non-hydrogen) atoms. The van der Waals surface area contributed by atoms with Crippen molar-refractivity contribution in [3.05, 3.63) is 47.7 Å². The number of fused-ring (bicyclic) bond motifs is 1. The summed E-state index contributed by atoms with van der Waals surface area (Å²) in [5.74, 6) is -1.66. The van der Waals surface area contributed by atoms with E-state index in [1.54, 1.807) is 13.2 Å². The van der Waals surface area contributed by atoms with Crippen molar-refractivity contribution in [1.82, 2.24) is 4.98 Å². The van der Waals surface area contributed by atoms with Crippen molar-refractivity contribution in [2.24, 2.45) is 0 Å². The van der Waals surface area contributed by atoms with Crippen LogP contribution < -0.4 is 14.8 Å². The van der Waals surface area contributed by atoms with Gasteiger partial charge in [-0.2, -0.15) is 13.2 Å². The van der Waals surface area contributed by atoms with Crippen LogP contribution in [0, 0.1) is 0 Å². The lowest BCUT2D eigenvalue weighted by molar-refractivity contribution is -0.192. The van der Waals surface area contributed by atoms with Gasteiger partial charge in [-0.05, 0) is 18.2 Å². The van der Waals surface area contributed by atoms with Crippen LogP contribution in [-0.4, -0.2) is 47.0 Å². The topological polar surface area (TPSA) is 118 Å². The molecule has 11 heteroatoms. The number of aliphatic carboxylic acids is 1. The van der Waals surface area contributed by atoms with E-state index >= 15 is 0 Å². The number of benzene rings is 1. The van der Waals surface area contributed by atoms with E-state index in [0.717, 1.165) is 17.7 Å². The van der Waals surface area contributed by atoms with Gasteiger partial charge in [-0.25, -0.2) is 14.6 Å². The van der Waals surface area contributed by atoms with Crippen molar-refractivity contribution in [2.75, 3.05) is 19.0 Å². The van der Waals surface area contributed by atoms with Gasteiger partial charge in [0.25, 0.3) is 0 Å². The molecule has 156 valence electrons. The second-order valence-electron chi connectivity index (χ2n) is 5.75. The molecule has 8 nitrogen and oxygen atoms in total. The number of aromatic carboxylic acids is 1. The summed E-state index contributed by atoms with van der Waals surface area (Å²) in [6, 6.07) is 9.01. The zero-order valence-electron chi connectivity index (χ0n) is 15.1. The number of hydrogen-bond donors (Lipinski definition) is 3. The molecule has 1 aromatic carbocycles. The first-order valence-electron chi connectivity index (χ1n) is 8.19. The van der Waals surface area contributed by atoms with E-state index < -0.39 is 18.1 Å². The number of carboxylic acid groups (broad SMARTS) is 2. The summed E-state index contributed by atoms with van der Waals surface area (Å²) in [5.41, 5.74) is 1.18. The second-order valence-corrected chi connectivity index (χ2v) is 5.75. The van der Waals surface area contributed by atoms with Crippen LogP contribution in [-0.2, 0) is 4.79 Å². The Morgan fingerprint density at radius 1 is 1.24 bits per heavy atom. The van der Waals surface area contributed by atoms with Gasteiger partial charge in [0.1, 0.15) is 5.82 Å². The number of halogens is 3. The number of rotatable bonds is 4. The fourth-order valence-corrected chi connectivity index (χ4v) is 2.49. The quantitative estimate of drug-likeness (QED) is 0.697. The maximum absolute atomic E-state index is 10.8. The first kappa shape index (κ1) is 21.8.